The molecule has 0 aromatic carbocycles. The number of aryl methyl sites for hydroxylation is 1. The number of aliphatic hydroxyl groups excluding tert-OH is 1. The first-order valence-electron chi connectivity index (χ1n) is 5.33. The molecule has 2 N–H and O–H groups in total. The summed E-state index contributed by atoms with van der Waals surface area (Å²) in [5, 5.41) is 12.0. The predicted octanol–water partition coefficient (Wildman–Crippen LogP) is 1.37. The average molecular weight is 196 g/mol. The Kier molecular flexibility index (Phi) is 5.33. The maximum absolute atomic E-state index is 8.68. The SMILES string of the molecule is CCCNCc1ccn(CCCO)c1. The Balaban J connectivity index is 2.27. The number of hydrogen-bond acceptors (Lipinski definition) is 2. The van der Waals surface area contributed by atoms with Crippen LogP contribution >= 0.6 is 0 Å². The molecule has 0 spiro atoms. The van der Waals surface area contributed by atoms with E-state index in [9.17, 15) is 0 Å². The molecule has 0 saturated heterocycles. The first-order valence-corrected chi connectivity index (χ1v) is 5.33. The fourth-order valence-electron chi connectivity index (χ4n) is 1.40. The highest BCUT2D eigenvalue weighted by Crippen LogP contribution is 2.01. The van der Waals surface area contributed by atoms with Crippen LogP contribution in [0.15, 0.2) is 18.5 Å². The summed E-state index contributed by atoms with van der Waals surface area (Å²) in [5.74, 6) is 0. The number of nitrogens with zero attached hydrogens (tertiary/aromatic N) is 1. The van der Waals surface area contributed by atoms with Crippen LogP contribution in [0.4, 0.5) is 0 Å². The minimum Gasteiger partial charge on any atom is -0.396 e. The summed E-state index contributed by atoms with van der Waals surface area (Å²) in [4.78, 5) is 0. The van der Waals surface area contributed by atoms with Gasteiger partial charge >= 0.3 is 0 Å². The van der Waals surface area contributed by atoms with Crippen LogP contribution in [-0.2, 0) is 13.1 Å². The van der Waals surface area contributed by atoms with E-state index in [1.807, 2.05) is 0 Å². The third-order valence-electron chi connectivity index (χ3n) is 2.14. The highest BCUT2D eigenvalue weighted by atomic mass is 16.3. The molecule has 0 saturated carbocycles. The van der Waals surface area contributed by atoms with E-state index in [4.69, 9.17) is 5.11 Å². The molecular weight excluding hydrogens is 176 g/mol. The van der Waals surface area contributed by atoms with Gasteiger partial charge in [-0.3, -0.25) is 0 Å². The normalized spacial score (nSPS) is 10.7. The molecule has 3 heteroatoms. The van der Waals surface area contributed by atoms with E-state index in [0.717, 1.165) is 26.1 Å². The molecule has 0 unspecified atom stereocenters. The van der Waals surface area contributed by atoms with Crippen LogP contribution in [0.5, 0.6) is 0 Å². The largest absolute Gasteiger partial charge is 0.396 e. The Bertz CT molecular complexity index is 245. The molecule has 0 aliphatic heterocycles. The van der Waals surface area contributed by atoms with Gasteiger partial charge in [-0.1, -0.05) is 6.92 Å². The van der Waals surface area contributed by atoms with Crippen molar-refractivity contribution in [2.45, 2.75) is 32.9 Å². The van der Waals surface area contributed by atoms with Crippen molar-refractivity contribution in [1.29, 1.82) is 0 Å². The highest BCUT2D eigenvalue weighted by Gasteiger charge is 1.95. The third-order valence-corrected chi connectivity index (χ3v) is 2.14. The van der Waals surface area contributed by atoms with Crippen molar-refractivity contribution in [3.8, 4) is 0 Å². The van der Waals surface area contributed by atoms with Crippen molar-refractivity contribution in [2.24, 2.45) is 0 Å². The summed E-state index contributed by atoms with van der Waals surface area (Å²) >= 11 is 0. The second kappa shape index (κ2) is 6.62. The Hall–Kier alpha value is -0.800. The maximum atomic E-state index is 8.68. The van der Waals surface area contributed by atoms with Crippen LogP contribution in [0.3, 0.4) is 0 Å². The number of hydrogen-bond donors (Lipinski definition) is 2. The molecule has 14 heavy (non-hydrogen) atoms. The molecule has 3 nitrogen and oxygen atoms in total. The summed E-state index contributed by atoms with van der Waals surface area (Å²) in [7, 11) is 0. The van der Waals surface area contributed by atoms with E-state index < -0.39 is 0 Å². The van der Waals surface area contributed by atoms with Gasteiger partial charge in [0.25, 0.3) is 0 Å². The molecule has 0 aliphatic rings. The zero-order valence-corrected chi connectivity index (χ0v) is 8.87. The van der Waals surface area contributed by atoms with E-state index in [0.29, 0.717) is 0 Å². The second-order valence-corrected chi connectivity index (χ2v) is 3.51. The van der Waals surface area contributed by atoms with E-state index in [-0.39, 0.29) is 6.61 Å². The maximum Gasteiger partial charge on any atom is 0.0448 e. The molecule has 0 bridgehead atoms. The fraction of sp³-hybridized carbons (Fsp3) is 0.636. The molecule has 0 amide bonds. The Morgan fingerprint density at radius 2 is 2.36 bits per heavy atom. The average Bonchev–Trinajstić information content (AvgIpc) is 2.63. The first kappa shape index (κ1) is 11.3. The molecule has 0 radical (unpaired) electrons. The number of nitrogens with one attached hydrogen (secondary N) is 1. The lowest BCUT2D eigenvalue weighted by molar-refractivity contribution is 0.280. The Morgan fingerprint density at radius 1 is 1.50 bits per heavy atom. The summed E-state index contributed by atoms with van der Waals surface area (Å²) in [6.45, 7) is 5.35. The van der Waals surface area contributed by atoms with E-state index in [1.54, 1.807) is 0 Å². The van der Waals surface area contributed by atoms with Gasteiger partial charge in [-0.25, -0.2) is 0 Å². The van der Waals surface area contributed by atoms with Crippen LogP contribution in [0.25, 0.3) is 0 Å². The van der Waals surface area contributed by atoms with Gasteiger partial charge in [-0.05, 0) is 31.0 Å². The summed E-state index contributed by atoms with van der Waals surface area (Å²) in [6, 6.07) is 2.13. The van der Waals surface area contributed by atoms with Gasteiger partial charge in [-0.15, -0.1) is 0 Å². The summed E-state index contributed by atoms with van der Waals surface area (Å²) in [6.07, 6.45) is 6.21. The van der Waals surface area contributed by atoms with Crippen molar-refractivity contribution < 1.29 is 5.11 Å². The molecule has 1 aromatic rings. The van der Waals surface area contributed by atoms with Gasteiger partial charge in [0.05, 0.1) is 0 Å². The van der Waals surface area contributed by atoms with Crippen molar-refractivity contribution in [3.63, 3.8) is 0 Å². The van der Waals surface area contributed by atoms with E-state index >= 15 is 0 Å². The molecule has 1 rings (SSSR count). The molecule has 80 valence electrons. The van der Waals surface area contributed by atoms with Gasteiger partial charge in [0.15, 0.2) is 0 Å². The van der Waals surface area contributed by atoms with Gasteiger partial charge in [0.2, 0.25) is 0 Å². The highest BCUT2D eigenvalue weighted by molar-refractivity contribution is 5.09. The van der Waals surface area contributed by atoms with Crippen LogP contribution in [0.2, 0.25) is 0 Å². The van der Waals surface area contributed by atoms with E-state index in [1.165, 1.54) is 12.0 Å². The van der Waals surface area contributed by atoms with Crippen molar-refractivity contribution in [3.05, 3.63) is 24.0 Å². The minimum absolute atomic E-state index is 0.265. The van der Waals surface area contributed by atoms with Crippen molar-refractivity contribution in [2.75, 3.05) is 13.2 Å². The van der Waals surface area contributed by atoms with Gasteiger partial charge < -0.3 is 15.0 Å². The lowest BCUT2D eigenvalue weighted by Gasteiger charge is -2.01. The molecule has 0 fully saturated rings. The number of rotatable bonds is 7. The first-order chi connectivity index (χ1) is 6.86. The Labute approximate surface area is 85.7 Å². The smallest absolute Gasteiger partial charge is 0.0448 e. The predicted molar refractivity (Wildman–Crippen MR) is 58.1 cm³/mol. The molecule has 1 aromatic heterocycles. The molecule has 1 heterocycles. The minimum atomic E-state index is 0.265. The number of aliphatic hydroxyl groups is 1. The van der Waals surface area contributed by atoms with Crippen molar-refractivity contribution in [1.82, 2.24) is 9.88 Å². The number of aromatic nitrogens is 1. The van der Waals surface area contributed by atoms with Crippen molar-refractivity contribution >= 4 is 0 Å². The summed E-state index contributed by atoms with van der Waals surface area (Å²) < 4.78 is 2.12. The van der Waals surface area contributed by atoms with Crippen LogP contribution in [0.1, 0.15) is 25.3 Å². The fourth-order valence-corrected chi connectivity index (χ4v) is 1.40. The third kappa shape index (κ3) is 3.94. The zero-order valence-electron chi connectivity index (χ0n) is 8.87. The summed E-state index contributed by atoms with van der Waals surface area (Å²) in [5.41, 5.74) is 1.32. The monoisotopic (exact) mass is 196 g/mol. The van der Waals surface area contributed by atoms with Crippen LogP contribution < -0.4 is 5.32 Å². The van der Waals surface area contributed by atoms with Gasteiger partial charge in [-0.2, -0.15) is 0 Å². The zero-order chi connectivity index (χ0) is 10.2. The molecule has 0 aliphatic carbocycles. The lowest BCUT2D eigenvalue weighted by atomic mass is 10.3. The molecular formula is C11H20N2O. The quantitative estimate of drug-likeness (QED) is 0.646. The standard InChI is InChI=1S/C11H20N2O/c1-2-5-12-9-11-4-7-13(10-11)6-3-8-14/h4,7,10,12,14H,2-3,5-6,8-9H2,1H3. The molecule has 0 atom stereocenters. The topological polar surface area (TPSA) is 37.2 Å². The van der Waals surface area contributed by atoms with E-state index in [2.05, 4.69) is 35.3 Å². The second-order valence-electron chi connectivity index (χ2n) is 3.51. The lowest BCUT2D eigenvalue weighted by Crippen LogP contribution is -2.13. The van der Waals surface area contributed by atoms with Crippen LogP contribution in [-0.4, -0.2) is 22.8 Å². The Morgan fingerprint density at radius 3 is 3.07 bits per heavy atom. The van der Waals surface area contributed by atoms with Crippen LogP contribution in [0, 0.1) is 0 Å². The van der Waals surface area contributed by atoms with Gasteiger partial charge in [0, 0.05) is 32.1 Å². The van der Waals surface area contributed by atoms with Gasteiger partial charge in [0.1, 0.15) is 0 Å².